The molecule has 0 aromatic carbocycles. The Labute approximate surface area is 55.3 Å². The second-order valence-electron chi connectivity index (χ2n) is 3.41. The Morgan fingerprint density at radius 2 is 2.33 bits per heavy atom. The zero-order valence-corrected chi connectivity index (χ0v) is 5.56. The first-order valence-corrected chi connectivity index (χ1v) is 3.71. The van der Waals surface area contributed by atoms with Crippen LogP contribution in [0.5, 0.6) is 0 Å². The lowest BCUT2D eigenvalue weighted by atomic mass is 10.1. The van der Waals surface area contributed by atoms with Gasteiger partial charge in [0.1, 0.15) is 0 Å². The summed E-state index contributed by atoms with van der Waals surface area (Å²) in [5, 5.41) is 12.2. The van der Waals surface area contributed by atoms with Gasteiger partial charge < -0.3 is 10.4 Å². The highest BCUT2D eigenvalue weighted by molar-refractivity contribution is 5.07. The van der Waals surface area contributed by atoms with Crippen LogP contribution in [0.4, 0.5) is 0 Å². The lowest BCUT2D eigenvalue weighted by Crippen LogP contribution is -2.22. The third kappa shape index (κ3) is 0.864. The quantitative estimate of drug-likeness (QED) is 0.524. The summed E-state index contributed by atoms with van der Waals surface area (Å²) in [5.74, 6) is 0.549. The number of nitrogens with one attached hydrogen (secondary N) is 1. The van der Waals surface area contributed by atoms with Crippen LogP contribution in [-0.4, -0.2) is 23.8 Å². The van der Waals surface area contributed by atoms with Crippen LogP contribution < -0.4 is 5.32 Å². The molecule has 0 bridgehead atoms. The van der Waals surface area contributed by atoms with Gasteiger partial charge in [-0.25, -0.2) is 0 Å². The Hall–Kier alpha value is -0.0800. The maximum atomic E-state index is 8.79. The van der Waals surface area contributed by atoms with Crippen LogP contribution in [0.25, 0.3) is 0 Å². The fraction of sp³-hybridized carbons (Fsp3) is 1.00. The maximum absolute atomic E-state index is 8.79. The molecule has 1 spiro atoms. The Morgan fingerprint density at radius 1 is 1.56 bits per heavy atom. The molecule has 1 saturated carbocycles. The van der Waals surface area contributed by atoms with Gasteiger partial charge >= 0.3 is 0 Å². The molecule has 2 fully saturated rings. The molecule has 2 rings (SSSR count). The van der Waals surface area contributed by atoms with Crippen molar-refractivity contribution >= 4 is 0 Å². The van der Waals surface area contributed by atoms with Crippen LogP contribution in [0.15, 0.2) is 0 Å². The normalized spacial score (nSPS) is 37.7. The van der Waals surface area contributed by atoms with Crippen molar-refractivity contribution in [1.29, 1.82) is 0 Å². The molecule has 0 radical (unpaired) electrons. The molecule has 2 nitrogen and oxygen atoms in total. The number of aliphatic hydroxyl groups excluding tert-OH is 1. The van der Waals surface area contributed by atoms with E-state index in [0.29, 0.717) is 18.1 Å². The Kier molecular flexibility index (Phi) is 1.08. The van der Waals surface area contributed by atoms with Crippen LogP contribution in [-0.2, 0) is 0 Å². The van der Waals surface area contributed by atoms with Crippen molar-refractivity contribution in [3.63, 3.8) is 0 Å². The highest BCUT2D eigenvalue weighted by Gasteiger charge is 2.47. The SMILES string of the molecule is OC[C@@H]1CNC2(CC2)C1. The third-order valence-electron chi connectivity index (χ3n) is 2.56. The van der Waals surface area contributed by atoms with E-state index in [1.807, 2.05) is 0 Å². The van der Waals surface area contributed by atoms with Crippen molar-refractivity contribution in [3.8, 4) is 0 Å². The monoisotopic (exact) mass is 127 g/mol. The van der Waals surface area contributed by atoms with E-state index in [1.54, 1.807) is 0 Å². The highest BCUT2D eigenvalue weighted by atomic mass is 16.3. The lowest BCUT2D eigenvalue weighted by molar-refractivity contribution is 0.235. The van der Waals surface area contributed by atoms with E-state index in [2.05, 4.69) is 5.32 Å². The second-order valence-corrected chi connectivity index (χ2v) is 3.41. The molecule has 1 atom stereocenters. The summed E-state index contributed by atoms with van der Waals surface area (Å²) < 4.78 is 0. The van der Waals surface area contributed by atoms with E-state index in [-0.39, 0.29) is 0 Å². The van der Waals surface area contributed by atoms with Crippen molar-refractivity contribution in [1.82, 2.24) is 5.32 Å². The molecule has 1 heterocycles. The number of hydrogen-bond acceptors (Lipinski definition) is 2. The largest absolute Gasteiger partial charge is 0.396 e. The van der Waals surface area contributed by atoms with E-state index < -0.39 is 0 Å². The summed E-state index contributed by atoms with van der Waals surface area (Å²) in [6, 6.07) is 0. The molecule has 2 N–H and O–H groups in total. The minimum absolute atomic E-state index is 0.370. The summed E-state index contributed by atoms with van der Waals surface area (Å²) in [6.45, 7) is 1.41. The van der Waals surface area contributed by atoms with Crippen LogP contribution in [0.1, 0.15) is 19.3 Å². The molecule has 2 heteroatoms. The molecular formula is C7H13NO. The van der Waals surface area contributed by atoms with Crippen molar-refractivity contribution in [2.24, 2.45) is 5.92 Å². The van der Waals surface area contributed by atoms with Gasteiger partial charge in [-0.05, 0) is 25.2 Å². The van der Waals surface area contributed by atoms with E-state index in [0.717, 1.165) is 6.54 Å². The van der Waals surface area contributed by atoms with E-state index >= 15 is 0 Å². The Morgan fingerprint density at radius 3 is 2.67 bits per heavy atom. The second kappa shape index (κ2) is 1.70. The molecule has 52 valence electrons. The summed E-state index contributed by atoms with van der Waals surface area (Å²) in [4.78, 5) is 0. The summed E-state index contributed by atoms with van der Waals surface area (Å²) in [6.07, 6.45) is 3.89. The first-order valence-electron chi connectivity index (χ1n) is 3.71. The molecule has 9 heavy (non-hydrogen) atoms. The zero-order valence-electron chi connectivity index (χ0n) is 5.56. The van der Waals surface area contributed by atoms with Gasteiger partial charge in [0.15, 0.2) is 0 Å². The topological polar surface area (TPSA) is 32.3 Å². The molecular weight excluding hydrogens is 114 g/mol. The molecule has 0 aromatic heterocycles. The molecule has 0 amide bonds. The first kappa shape index (κ1) is 5.69. The van der Waals surface area contributed by atoms with Gasteiger partial charge in [0.2, 0.25) is 0 Å². The van der Waals surface area contributed by atoms with Gasteiger partial charge in [-0.3, -0.25) is 0 Å². The molecule has 2 aliphatic rings. The van der Waals surface area contributed by atoms with E-state index in [4.69, 9.17) is 5.11 Å². The van der Waals surface area contributed by atoms with E-state index in [9.17, 15) is 0 Å². The van der Waals surface area contributed by atoms with Crippen LogP contribution in [0, 0.1) is 5.92 Å². The maximum Gasteiger partial charge on any atom is 0.0472 e. The van der Waals surface area contributed by atoms with Gasteiger partial charge in [-0.2, -0.15) is 0 Å². The summed E-state index contributed by atoms with van der Waals surface area (Å²) in [7, 11) is 0. The highest BCUT2D eigenvalue weighted by Crippen LogP contribution is 2.44. The van der Waals surface area contributed by atoms with Crippen LogP contribution in [0.3, 0.4) is 0 Å². The van der Waals surface area contributed by atoms with Crippen LogP contribution >= 0.6 is 0 Å². The molecule has 0 unspecified atom stereocenters. The number of rotatable bonds is 1. The first-order chi connectivity index (χ1) is 4.35. The fourth-order valence-corrected chi connectivity index (χ4v) is 1.72. The lowest BCUT2D eigenvalue weighted by Gasteiger charge is -2.03. The zero-order chi connectivity index (χ0) is 6.32. The Balaban J connectivity index is 1.93. The molecule has 1 saturated heterocycles. The average Bonchev–Trinajstić information content (AvgIpc) is 2.44. The van der Waals surface area contributed by atoms with Crippen molar-refractivity contribution in [3.05, 3.63) is 0 Å². The van der Waals surface area contributed by atoms with Crippen LogP contribution in [0.2, 0.25) is 0 Å². The van der Waals surface area contributed by atoms with Gasteiger partial charge in [0, 0.05) is 18.7 Å². The molecule has 0 aromatic rings. The predicted molar refractivity (Wildman–Crippen MR) is 35.2 cm³/mol. The summed E-state index contributed by atoms with van der Waals surface area (Å²) in [5.41, 5.74) is 0.507. The smallest absolute Gasteiger partial charge is 0.0472 e. The van der Waals surface area contributed by atoms with Gasteiger partial charge in [-0.15, -0.1) is 0 Å². The minimum atomic E-state index is 0.370. The predicted octanol–water partition coefficient (Wildman–Crippen LogP) is 0.121. The third-order valence-corrected chi connectivity index (χ3v) is 2.56. The van der Waals surface area contributed by atoms with Crippen molar-refractivity contribution < 1.29 is 5.11 Å². The van der Waals surface area contributed by atoms with Crippen molar-refractivity contribution in [2.75, 3.05) is 13.2 Å². The minimum Gasteiger partial charge on any atom is -0.396 e. The summed E-state index contributed by atoms with van der Waals surface area (Å²) >= 11 is 0. The average molecular weight is 127 g/mol. The molecule has 1 aliphatic heterocycles. The number of hydrogen-bond donors (Lipinski definition) is 2. The van der Waals surface area contributed by atoms with Crippen molar-refractivity contribution in [2.45, 2.75) is 24.8 Å². The standard InChI is InChI=1S/C7H13NO/c9-5-6-3-7(1-2-7)8-4-6/h6,8-9H,1-5H2/t6-/m0/s1. The van der Waals surface area contributed by atoms with E-state index in [1.165, 1.54) is 19.3 Å². The number of aliphatic hydroxyl groups is 1. The van der Waals surface area contributed by atoms with Gasteiger partial charge in [-0.1, -0.05) is 0 Å². The van der Waals surface area contributed by atoms with Gasteiger partial charge in [0.05, 0.1) is 0 Å². The molecule has 1 aliphatic carbocycles. The fourth-order valence-electron chi connectivity index (χ4n) is 1.72. The Bertz CT molecular complexity index is 120. The van der Waals surface area contributed by atoms with Gasteiger partial charge in [0.25, 0.3) is 0 Å².